The molecule has 6 nitrogen and oxygen atoms in total. The molecule has 8 heteroatoms. The number of alkyl carbamates (subject to hydrolysis) is 1. The van der Waals surface area contributed by atoms with E-state index in [9.17, 15) is 9.18 Å². The van der Waals surface area contributed by atoms with E-state index in [0.717, 1.165) is 24.8 Å². The molecule has 0 saturated heterocycles. The monoisotopic (exact) mass is 506 g/mol. The van der Waals surface area contributed by atoms with Crippen molar-refractivity contribution in [3.63, 3.8) is 0 Å². The second-order valence-electron chi connectivity index (χ2n) is 7.89. The van der Waals surface area contributed by atoms with Crippen molar-refractivity contribution in [1.29, 1.82) is 0 Å². The van der Waals surface area contributed by atoms with E-state index in [4.69, 9.17) is 4.74 Å². The Balaban J connectivity index is 0.00000392. The fourth-order valence-electron chi connectivity index (χ4n) is 2.86. The number of nitrogens with one attached hydrogen (secondary N) is 3. The molecule has 2 rings (SSSR count). The van der Waals surface area contributed by atoms with E-state index in [1.165, 1.54) is 6.07 Å². The lowest BCUT2D eigenvalue weighted by Gasteiger charge is -2.20. The van der Waals surface area contributed by atoms with Crippen molar-refractivity contribution in [2.45, 2.75) is 51.0 Å². The zero-order valence-corrected chi connectivity index (χ0v) is 19.4. The first-order valence-electron chi connectivity index (χ1n) is 9.42. The van der Waals surface area contributed by atoms with Gasteiger partial charge in [0.2, 0.25) is 0 Å². The van der Waals surface area contributed by atoms with E-state index in [-0.39, 0.29) is 35.2 Å². The highest BCUT2D eigenvalue weighted by molar-refractivity contribution is 14.0. The van der Waals surface area contributed by atoms with E-state index < -0.39 is 11.7 Å². The van der Waals surface area contributed by atoms with Gasteiger partial charge in [-0.05, 0) is 51.7 Å². The molecule has 0 heterocycles. The first-order chi connectivity index (χ1) is 12.8. The zero-order chi connectivity index (χ0) is 19.9. The van der Waals surface area contributed by atoms with E-state index in [1.54, 1.807) is 13.1 Å². The maximum atomic E-state index is 14.1. The van der Waals surface area contributed by atoms with Gasteiger partial charge in [-0.15, -0.1) is 24.0 Å². The molecule has 0 atom stereocenters. The summed E-state index contributed by atoms with van der Waals surface area (Å²) in [6.45, 7) is 7.30. The highest BCUT2D eigenvalue weighted by Crippen LogP contribution is 2.48. The molecule has 1 aliphatic rings. The minimum Gasteiger partial charge on any atom is -0.444 e. The number of hydrogen-bond acceptors (Lipinski definition) is 3. The quantitative estimate of drug-likeness (QED) is 0.229. The molecule has 0 aliphatic heterocycles. The number of rotatable bonds is 7. The molecule has 0 bridgehead atoms. The first kappa shape index (κ1) is 24.5. The third kappa shape index (κ3) is 7.81. The van der Waals surface area contributed by atoms with Crippen LogP contribution in [0.1, 0.15) is 45.6 Å². The van der Waals surface area contributed by atoms with E-state index >= 15 is 0 Å². The van der Waals surface area contributed by atoms with Crippen LogP contribution in [0.15, 0.2) is 29.3 Å². The maximum Gasteiger partial charge on any atom is 0.407 e. The van der Waals surface area contributed by atoms with Crippen LogP contribution in [0, 0.1) is 5.82 Å². The Morgan fingerprint density at radius 2 is 1.82 bits per heavy atom. The van der Waals surface area contributed by atoms with Crippen molar-refractivity contribution < 1.29 is 13.9 Å². The van der Waals surface area contributed by atoms with Crippen molar-refractivity contribution in [3.8, 4) is 0 Å². The smallest absolute Gasteiger partial charge is 0.407 e. The summed E-state index contributed by atoms with van der Waals surface area (Å²) in [5.74, 6) is 0.530. The average molecular weight is 506 g/mol. The van der Waals surface area contributed by atoms with Gasteiger partial charge in [0, 0.05) is 32.1 Å². The van der Waals surface area contributed by atoms with Gasteiger partial charge in [-0.25, -0.2) is 9.18 Å². The van der Waals surface area contributed by atoms with E-state index in [1.807, 2.05) is 32.9 Å². The van der Waals surface area contributed by atoms with Crippen LogP contribution in [-0.4, -0.2) is 44.3 Å². The average Bonchev–Trinajstić information content (AvgIpc) is 3.37. The molecular weight excluding hydrogens is 474 g/mol. The Labute approximate surface area is 184 Å². The molecule has 0 spiro atoms. The van der Waals surface area contributed by atoms with Crippen molar-refractivity contribution in [2.75, 3.05) is 26.7 Å². The van der Waals surface area contributed by atoms with E-state index in [0.29, 0.717) is 25.6 Å². The van der Waals surface area contributed by atoms with Gasteiger partial charge in [-0.1, -0.05) is 18.2 Å². The Morgan fingerprint density at radius 1 is 1.18 bits per heavy atom. The fourth-order valence-corrected chi connectivity index (χ4v) is 2.86. The first-order valence-corrected chi connectivity index (χ1v) is 9.42. The van der Waals surface area contributed by atoms with Gasteiger partial charge >= 0.3 is 6.09 Å². The molecule has 1 aliphatic carbocycles. The van der Waals surface area contributed by atoms with Crippen molar-refractivity contribution in [1.82, 2.24) is 16.0 Å². The van der Waals surface area contributed by atoms with Crippen LogP contribution in [0.3, 0.4) is 0 Å². The number of hydrogen-bond donors (Lipinski definition) is 3. The summed E-state index contributed by atoms with van der Waals surface area (Å²) in [4.78, 5) is 15.8. The van der Waals surface area contributed by atoms with Gasteiger partial charge in [0.15, 0.2) is 5.96 Å². The Bertz CT molecular complexity index is 672. The van der Waals surface area contributed by atoms with Crippen molar-refractivity contribution in [2.24, 2.45) is 4.99 Å². The summed E-state index contributed by atoms with van der Waals surface area (Å²) in [6.07, 6.45) is 2.26. The van der Waals surface area contributed by atoms with Crippen LogP contribution in [0.4, 0.5) is 9.18 Å². The SMILES string of the molecule is CN=C(NCCCNC(=O)OC(C)(C)C)NCC1(c2ccccc2F)CC1.I. The molecule has 1 saturated carbocycles. The lowest BCUT2D eigenvalue weighted by molar-refractivity contribution is 0.0527. The fraction of sp³-hybridized carbons (Fsp3) is 0.600. The molecule has 1 fully saturated rings. The van der Waals surface area contributed by atoms with Crippen molar-refractivity contribution >= 4 is 36.0 Å². The van der Waals surface area contributed by atoms with Crippen LogP contribution in [0.25, 0.3) is 0 Å². The molecule has 1 amide bonds. The predicted molar refractivity (Wildman–Crippen MR) is 121 cm³/mol. The summed E-state index contributed by atoms with van der Waals surface area (Å²) in [6, 6.07) is 6.97. The molecule has 3 N–H and O–H groups in total. The van der Waals surface area contributed by atoms with Crippen LogP contribution in [0.2, 0.25) is 0 Å². The van der Waals surface area contributed by atoms with Crippen LogP contribution in [-0.2, 0) is 10.2 Å². The normalized spacial score (nSPS) is 15.2. The van der Waals surface area contributed by atoms with Gasteiger partial charge in [0.1, 0.15) is 11.4 Å². The molecule has 0 unspecified atom stereocenters. The topological polar surface area (TPSA) is 74.8 Å². The van der Waals surface area contributed by atoms with Gasteiger partial charge in [-0.3, -0.25) is 4.99 Å². The van der Waals surface area contributed by atoms with Gasteiger partial charge in [0.25, 0.3) is 0 Å². The Kier molecular flexibility index (Phi) is 9.46. The zero-order valence-electron chi connectivity index (χ0n) is 17.1. The number of halogens is 2. The summed E-state index contributed by atoms with van der Waals surface area (Å²) in [5.41, 5.74) is 0.140. The van der Waals surface area contributed by atoms with Crippen LogP contribution >= 0.6 is 24.0 Å². The van der Waals surface area contributed by atoms with Gasteiger partial charge in [-0.2, -0.15) is 0 Å². The second-order valence-corrected chi connectivity index (χ2v) is 7.89. The number of ether oxygens (including phenoxy) is 1. The molecule has 0 aromatic heterocycles. The standard InChI is InChI=1S/C20H31FN4O2.HI/c1-19(2,3)27-18(26)24-13-7-12-23-17(22-4)25-14-20(10-11-20)15-8-5-6-9-16(15)21;/h5-6,8-9H,7,10-14H2,1-4H3,(H,24,26)(H2,22,23,25);1H. The molecular formula is C20H32FIN4O2. The minimum absolute atomic E-state index is 0. The number of guanidine groups is 1. The summed E-state index contributed by atoms with van der Waals surface area (Å²) in [5, 5.41) is 9.22. The highest BCUT2D eigenvalue weighted by atomic mass is 127. The number of benzene rings is 1. The third-order valence-corrected chi connectivity index (χ3v) is 4.43. The molecule has 1 aromatic rings. The van der Waals surface area contributed by atoms with E-state index in [2.05, 4.69) is 20.9 Å². The minimum atomic E-state index is -0.495. The summed E-state index contributed by atoms with van der Waals surface area (Å²) < 4.78 is 19.3. The number of carbonyl (C=O) groups excluding carboxylic acids is 1. The Morgan fingerprint density at radius 3 is 2.39 bits per heavy atom. The highest BCUT2D eigenvalue weighted by Gasteiger charge is 2.45. The molecule has 28 heavy (non-hydrogen) atoms. The van der Waals surface area contributed by atoms with Crippen molar-refractivity contribution in [3.05, 3.63) is 35.6 Å². The summed E-state index contributed by atoms with van der Waals surface area (Å²) >= 11 is 0. The van der Waals surface area contributed by atoms with Crippen LogP contribution in [0.5, 0.6) is 0 Å². The van der Waals surface area contributed by atoms with Gasteiger partial charge < -0.3 is 20.7 Å². The number of carbonyl (C=O) groups is 1. The second kappa shape index (κ2) is 10.8. The largest absolute Gasteiger partial charge is 0.444 e. The maximum absolute atomic E-state index is 14.1. The van der Waals surface area contributed by atoms with Gasteiger partial charge in [0.05, 0.1) is 0 Å². The lowest BCUT2D eigenvalue weighted by Crippen LogP contribution is -2.42. The molecule has 1 aromatic carbocycles. The predicted octanol–water partition coefficient (Wildman–Crippen LogP) is 3.56. The molecule has 0 radical (unpaired) electrons. The third-order valence-electron chi connectivity index (χ3n) is 4.43. The summed E-state index contributed by atoms with van der Waals surface area (Å²) in [7, 11) is 1.71. The number of nitrogens with zero attached hydrogens (tertiary/aromatic N) is 1. The number of aliphatic imine (C=N–C) groups is 1. The van der Waals surface area contributed by atoms with Crippen LogP contribution < -0.4 is 16.0 Å². The Hall–Kier alpha value is -1.58. The lowest BCUT2D eigenvalue weighted by atomic mass is 9.95. The molecule has 158 valence electrons. The number of amides is 1.